The van der Waals surface area contributed by atoms with Gasteiger partial charge in [-0.1, -0.05) is 13.8 Å². The predicted molar refractivity (Wildman–Crippen MR) is 95.4 cm³/mol. The highest BCUT2D eigenvalue weighted by Gasteiger charge is 2.25. The molecule has 0 spiro atoms. The molecule has 0 radical (unpaired) electrons. The Bertz CT molecular complexity index is 730. The van der Waals surface area contributed by atoms with Crippen LogP contribution < -0.4 is 0 Å². The van der Waals surface area contributed by atoms with E-state index in [1.54, 1.807) is 23.0 Å². The molecule has 0 bridgehead atoms. The van der Waals surface area contributed by atoms with E-state index in [2.05, 4.69) is 23.8 Å². The Balaban J connectivity index is 1.70. The molecule has 0 N–H and O–H groups in total. The molecular formula is C19H25FN4O. The van der Waals surface area contributed by atoms with Crippen LogP contribution in [0.2, 0.25) is 0 Å². The number of amides is 1. The number of nitrogens with zero attached hydrogens (tertiary/aromatic N) is 4. The second-order valence-corrected chi connectivity index (χ2v) is 7.02. The Morgan fingerprint density at radius 2 is 1.80 bits per heavy atom. The van der Waals surface area contributed by atoms with E-state index in [0.717, 1.165) is 44.1 Å². The Morgan fingerprint density at radius 3 is 2.40 bits per heavy atom. The SMILES string of the molecule is Cc1c(C(=O)N2CCN(CC(C)C)CC2)cnn1-c1ccc(F)cc1. The van der Waals surface area contributed by atoms with E-state index in [1.807, 2.05) is 11.8 Å². The van der Waals surface area contributed by atoms with Crippen LogP contribution in [0.4, 0.5) is 4.39 Å². The van der Waals surface area contributed by atoms with Gasteiger partial charge in [-0.15, -0.1) is 0 Å². The number of piperazine rings is 1. The maximum Gasteiger partial charge on any atom is 0.257 e. The number of carbonyl (C=O) groups is 1. The molecule has 6 heteroatoms. The zero-order valence-corrected chi connectivity index (χ0v) is 15.1. The van der Waals surface area contributed by atoms with E-state index in [0.29, 0.717) is 11.5 Å². The maximum atomic E-state index is 13.1. The highest BCUT2D eigenvalue weighted by molar-refractivity contribution is 5.95. The third kappa shape index (κ3) is 3.90. The minimum Gasteiger partial charge on any atom is -0.336 e. The van der Waals surface area contributed by atoms with Crippen LogP contribution in [0.5, 0.6) is 0 Å². The Labute approximate surface area is 148 Å². The first-order chi connectivity index (χ1) is 12.0. The third-order valence-corrected chi connectivity index (χ3v) is 4.59. The fourth-order valence-electron chi connectivity index (χ4n) is 3.28. The molecule has 134 valence electrons. The first-order valence-electron chi connectivity index (χ1n) is 8.78. The van der Waals surface area contributed by atoms with Crippen molar-refractivity contribution < 1.29 is 9.18 Å². The fraction of sp³-hybridized carbons (Fsp3) is 0.474. The van der Waals surface area contributed by atoms with Crippen molar-refractivity contribution >= 4 is 5.91 Å². The second-order valence-electron chi connectivity index (χ2n) is 7.02. The molecule has 0 atom stereocenters. The molecule has 1 amide bonds. The minimum atomic E-state index is -0.288. The van der Waals surface area contributed by atoms with Gasteiger partial charge in [-0.25, -0.2) is 9.07 Å². The van der Waals surface area contributed by atoms with Gasteiger partial charge in [-0.2, -0.15) is 5.10 Å². The van der Waals surface area contributed by atoms with Gasteiger partial charge in [0, 0.05) is 32.7 Å². The van der Waals surface area contributed by atoms with Gasteiger partial charge in [0.1, 0.15) is 5.82 Å². The lowest BCUT2D eigenvalue weighted by Crippen LogP contribution is -2.49. The number of halogens is 1. The van der Waals surface area contributed by atoms with Gasteiger partial charge in [0.2, 0.25) is 0 Å². The lowest BCUT2D eigenvalue weighted by atomic mass is 10.1. The van der Waals surface area contributed by atoms with Crippen molar-refractivity contribution in [2.45, 2.75) is 20.8 Å². The molecule has 1 aliphatic heterocycles. The van der Waals surface area contributed by atoms with Crippen molar-refractivity contribution in [3.63, 3.8) is 0 Å². The quantitative estimate of drug-likeness (QED) is 0.856. The van der Waals surface area contributed by atoms with E-state index < -0.39 is 0 Å². The molecular weight excluding hydrogens is 319 g/mol. The summed E-state index contributed by atoms with van der Waals surface area (Å²) in [7, 11) is 0. The predicted octanol–water partition coefficient (Wildman–Crippen LogP) is 2.73. The summed E-state index contributed by atoms with van der Waals surface area (Å²) in [5, 5.41) is 4.32. The van der Waals surface area contributed by atoms with E-state index >= 15 is 0 Å². The number of aromatic nitrogens is 2. The van der Waals surface area contributed by atoms with Crippen molar-refractivity contribution in [1.82, 2.24) is 19.6 Å². The van der Waals surface area contributed by atoms with Gasteiger partial charge in [0.15, 0.2) is 0 Å². The van der Waals surface area contributed by atoms with Gasteiger partial charge in [0.05, 0.1) is 23.1 Å². The zero-order valence-electron chi connectivity index (χ0n) is 15.1. The normalized spacial score (nSPS) is 15.8. The molecule has 1 aromatic heterocycles. The number of hydrogen-bond acceptors (Lipinski definition) is 3. The highest BCUT2D eigenvalue weighted by atomic mass is 19.1. The van der Waals surface area contributed by atoms with Gasteiger partial charge >= 0.3 is 0 Å². The van der Waals surface area contributed by atoms with Crippen molar-refractivity contribution in [3.05, 3.63) is 47.5 Å². The van der Waals surface area contributed by atoms with Gasteiger partial charge in [-0.3, -0.25) is 9.69 Å². The number of carbonyl (C=O) groups excluding carboxylic acids is 1. The summed E-state index contributed by atoms with van der Waals surface area (Å²) in [5.41, 5.74) is 2.14. The van der Waals surface area contributed by atoms with E-state index in [-0.39, 0.29) is 11.7 Å². The molecule has 1 fully saturated rings. The van der Waals surface area contributed by atoms with E-state index in [1.165, 1.54) is 12.1 Å². The van der Waals surface area contributed by atoms with Crippen molar-refractivity contribution in [2.75, 3.05) is 32.7 Å². The van der Waals surface area contributed by atoms with Crippen LogP contribution >= 0.6 is 0 Å². The summed E-state index contributed by atoms with van der Waals surface area (Å²) >= 11 is 0. The summed E-state index contributed by atoms with van der Waals surface area (Å²) in [6.07, 6.45) is 1.61. The first-order valence-corrected chi connectivity index (χ1v) is 8.78. The van der Waals surface area contributed by atoms with Crippen molar-refractivity contribution in [3.8, 4) is 5.69 Å². The molecule has 5 nitrogen and oxygen atoms in total. The Kier molecular flexibility index (Phi) is 5.18. The van der Waals surface area contributed by atoms with Gasteiger partial charge < -0.3 is 4.90 Å². The van der Waals surface area contributed by atoms with Crippen LogP contribution in [-0.2, 0) is 0 Å². The van der Waals surface area contributed by atoms with Gasteiger partial charge in [0.25, 0.3) is 5.91 Å². The molecule has 1 aliphatic rings. The smallest absolute Gasteiger partial charge is 0.257 e. The topological polar surface area (TPSA) is 41.4 Å². The molecule has 2 heterocycles. The summed E-state index contributed by atoms with van der Waals surface area (Å²) in [6.45, 7) is 10.7. The monoisotopic (exact) mass is 344 g/mol. The van der Waals surface area contributed by atoms with Crippen LogP contribution in [0.3, 0.4) is 0 Å². The second kappa shape index (κ2) is 7.35. The zero-order chi connectivity index (χ0) is 18.0. The summed E-state index contributed by atoms with van der Waals surface area (Å²) in [5.74, 6) is 0.373. The van der Waals surface area contributed by atoms with Crippen LogP contribution in [0.15, 0.2) is 30.5 Å². The molecule has 1 aromatic carbocycles. The standard InChI is InChI=1S/C19H25FN4O/c1-14(2)13-22-8-10-23(11-9-22)19(25)18-12-21-24(15(18)3)17-6-4-16(20)5-7-17/h4-7,12,14H,8-11,13H2,1-3H3. The molecule has 0 aliphatic carbocycles. The molecule has 25 heavy (non-hydrogen) atoms. The van der Waals surface area contributed by atoms with Crippen LogP contribution in [0, 0.1) is 18.7 Å². The fourth-order valence-corrected chi connectivity index (χ4v) is 3.28. The lowest BCUT2D eigenvalue weighted by Gasteiger charge is -2.35. The molecule has 0 saturated carbocycles. The molecule has 2 aromatic rings. The Hall–Kier alpha value is -2.21. The Morgan fingerprint density at radius 1 is 1.16 bits per heavy atom. The van der Waals surface area contributed by atoms with Crippen LogP contribution in [0.25, 0.3) is 5.69 Å². The average molecular weight is 344 g/mol. The van der Waals surface area contributed by atoms with Crippen LogP contribution in [0.1, 0.15) is 29.9 Å². The number of rotatable bonds is 4. The summed E-state index contributed by atoms with van der Waals surface area (Å²) in [4.78, 5) is 17.1. The van der Waals surface area contributed by atoms with Crippen LogP contribution in [-0.4, -0.2) is 58.2 Å². The lowest BCUT2D eigenvalue weighted by molar-refractivity contribution is 0.0623. The maximum absolute atomic E-state index is 13.1. The molecule has 1 saturated heterocycles. The third-order valence-electron chi connectivity index (χ3n) is 4.59. The largest absolute Gasteiger partial charge is 0.336 e. The average Bonchev–Trinajstić information content (AvgIpc) is 2.97. The summed E-state index contributed by atoms with van der Waals surface area (Å²) < 4.78 is 14.8. The number of hydrogen-bond donors (Lipinski definition) is 0. The van der Waals surface area contributed by atoms with E-state index in [4.69, 9.17) is 0 Å². The first kappa shape index (κ1) is 17.6. The summed E-state index contributed by atoms with van der Waals surface area (Å²) in [6, 6.07) is 6.11. The van der Waals surface area contributed by atoms with Crippen molar-refractivity contribution in [1.29, 1.82) is 0 Å². The molecule has 0 unspecified atom stereocenters. The van der Waals surface area contributed by atoms with Gasteiger partial charge in [-0.05, 0) is 37.1 Å². The minimum absolute atomic E-state index is 0.0232. The number of benzene rings is 1. The van der Waals surface area contributed by atoms with Crippen molar-refractivity contribution in [2.24, 2.45) is 5.92 Å². The molecule has 3 rings (SSSR count). The highest BCUT2D eigenvalue weighted by Crippen LogP contribution is 2.17. The van der Waals surface area contributed by atoms with E-state index in [9.17, 15) is 9.18 Å².